The summed E-state index contributed by atoms with van der Waals surface area (Å²) in [7, 11) is 0. The molecule has 0 aliphatic rings. The summed E-state index contributed by atoms with van der Waals surface area (Å²) in [5, 5.41) is 10.3. The topological polar surface area (TPSA) is 91.6 Å². The summed E-state index contributed by atoms with van der Waals surface area (Å²) in [4.78, 5) is 15.1. The van der Waals surface area contributed by atoms with Crippen molar-refractivity contribution in [2.45, 2.75) is 32.9 Å². The first-order valence-electron chi connectivity index (χ1n) is 5.13. The van der Waals surface area contributed by atoms with Gasteiger partial charge in [0.25, 0.3) is 0 Å². The van der Waals surface area contributed by atoms with Gasteiger partial charge in [0.2, 0.25) is 11.7 Å². The molecule has 10 heteroatoms. The number of halogens is 2. The van der Waals surface area contributed by atoms with E-state index in [1.807, 2.05) is 0 Å². The van der Waals surface area contributed by atoms with Gasteiger partial charge in [-0.05, 0) is 17.4 Å². The molecule has 0 saturated carbocycles. The van der Waals surface area contributed by atoms with Gasteiger partial charge in [-0.15, -0.1) is 0 Å². The third-order valence-corrected chi connectivity index (χ3v) is 2.14. The van der Waals surface area contributed by atoms with Crippen LogP contribution in [0.4, 0.5) is 8.78 Å². The number of hydrogen-bond acceptors (Lipinski definition) is 6. The lowest BCUT2D eigenvalue weighted by Gasteiger charge is -2.01. The minimum absolute atomic E-state index is 0.128. The summed E-state index contributed by atoms with van der Waals surface area (Å²) >= 11 is 0. The van der Waals surface area contributed by atoms with E-state index in [-0.39, 0.29) is 12.4 Å². The number of alkyl halides is 2. The fourth-order valence-electron chi connectivity index (χ4n) is 1.23. The van der Waals surface area contributed by atoms with Crippen LogP contribution in [0.1, 0.15) is 25.6 Å². The maximum Gasteiger partial charge on any atom is 0.364 e. The van der Waals surface area contributed by atoms with Crippen molar-refractivity contribution in [2.75, 3.05) is 0 Å². The molecule has 0 saturated heterocycles. The van der Waals surface area contributed by atoms with E-state index in [4.69, 9.17) is 0 Å². The maximum atomic E-state index is 12.9. The smallest absolute Gasteiger partial charge is 0.337 e. The number of hydrogen-bond donors (Lipinski definition) is 0. The Bertz CT molecular complexity index is 595. The molecule has 2 aromatic heterocycles. The zero-order valence-electron chi connectivity index (χ0n) is 9.67. The van der Waals surface area contributed by atoms with Crippen molar-refractivity contribution in [1.29, 1.82) is 0 Å². The summed E-state index contributed by atoms with van der Waals surface area (Å²) in [5.41, 5.74) is -0.472. The van der Waals surface area contributed by atoms with E-state index in [0.717, 1.165) is 9.36 Å². The van der Waals surface area contributed by atoms with E-state index in [9.17, 15) is 13.6 Å². The van der Waals surface area contributed by atoms with E-state index in [2.05, 4.69) is 25.1 Å². The Balaban J connectivity index is 2.22. The summed E-state index contributed by atoms with van der Waals surface area (Å²) in [6, 6.07) is 0. The van der Waals surface area contributed by atoms with Crippen LogP contribution >= 0.6 is 0 Å². The molecule has 2 rings (SSSR count). The summed E-state index contributed by atoms with van der Waals surface area (Å²) in [6.07, 6.45) is 0. The molecule has 0 unspecified atom stereocenters. The summed E-state index contributed by atoms with van der Waals surface area (Å²) < 4.78 is 32.4. The molecule has 0 fully saturated rings. The van der Waals surface area contributed by atoms with Crippen LogP contribution in [0.25, 0.3) is 0 Å². The zero-order chi connectivity index (χ0) is 13.3. The van der Waals surface area contributed by atoms with Crippen molar-refractivity contribution in [1.82, 2.24) is 29.9 Å². The molecule has 0 amide bonds. The van der Waals surface area contributed by atoms with Crippen LogP contribution in [-0.2, 0) is 19.0 Å². The van der Waals surface area contributed by atoms with Gasteiger partial charge in [0.05, 0.1) is 0 Å². The van der Waals surface area contributed by atoms with Gasteiger partial charge in [0, 0.05) is 13.5 Å². The Hall–Kier alpha value is -2.13. The number of tetrazole rings is 1. The SMILES string of the molecule is CCn1nnn(Cc2nc(C(C)(F)F)no2)c1=O. The third kappa shape index (κ3) is 2.26. The van der Waals surface area contributed by atoms with Crippen LogP contribution in [-0.4, -0.2) is 29.9 Å². The predicted octanol–water partition coefficient (Wildman–Crippen LogP) is 0.00270. The van der Waals surface area contributed by atoms with E-state index >= 15 is 0 Å². The van der Waals surface area contributed by atoms with Crippen molar-refractivity contribution in [2.24, 2.45) is 0 Å². The van der Waals surface area contributed by atoms with Crippen LogP contribution in [0, 0.1) is 0 Å². The van der Waals surface area contributed by atoms with Crippen molar-refractivity contribution in [3.8, 4) is 0 Å². The van der Waals surface area contributed by atoms with E-state index in [0.29, 0.717) is 13.5 Å². The largest absolute Gasteiger partial charge is 0.364 e. The van der Waals surface area contributed by atoms with Crippen LogP contribution in [0.15, 0.2) is 9.32 Å². The standard InChI is InChI=1S/C8H10F2N6O2/c1-3-15-7(17)16(14-13-15)4-5-11-6(12-18-5)8(2,9)10/h3-4H2,1-2H3. The molecule has 0 bridgehead atoms. The molecule has 0 aromatic carbocycles. The predicted molar refractivity (Wildman–Crippen MR) is 52.9 cm³/mol. The summed E-state index contributed by atoms with van der Waals surface area (Å²) in [5.74, 6) is -4.04. The fourth-order valence-corrected chi connectivity index (χ4v) is 1.23. The van der Waals surface area contributed by atoms with Gasteiger partial charge in [-0.25, -0.2) is 4.79 Å². The number of rotatable bonds is 4. The van der Waals surface area contributed by atoms with Gasteiger partial charge in [-0.1, -0.05) is 5.16 Å². The van der Waals surface area contributed by atoms with Gasteiger partial charge < -0.3 is 4.52 Å². The van der Waals surface area contributed by atoms with Crippen LogP contribution in [0.3, 0.4) is 0 Å². The molecular weight excluding hydrogens is 250 g/mol. The lowest BCUT2D eigenvalue weighted by Crippen LogP contribution is -2.25. The highest BCUT2D eigenvalue weighted by Crippen LogP contribution is 2.23. The molecule has 18 heavy (non-hydrogen) atoms. The van der Waals surface area contributed by atoms with Crippen LogP contribution in [0.2, 0.25) is 0 Å². The molecule has 2 aromatic rings. The first-order valence-corrected chi connectivity index (χ1v) is 5.13. The van der Waals surface area contributed by atoms with Gasteiger partial charge in [0.1, 0.15) is 6.54 Å². The fraction of sp³-hybridized carbons (Fsp3) is 0.625. The minimum Gasteiger partial charge on any atom is -0.337 e. The van der Waals surface area contributed by atoms with Crippen molar-refractivity contribution in [3.05, 3.63) is 22.2 Å². The number of aryl methyl sites for hydroxylation is 1. The second-order valence-electron chi connectivity index (χ2n) is 3.63. The normalized spacial score (nSPS) is 12.0. The Morgan fingerprint density at radius 2 is 2.00 bits per heavy atom. The molecule has 0 aliphatic carbocycles. The number of nitrogens with zero attached hydrogens (tertiary/aromatic N) is 6. The van der Waals surface area contributed by atoms with Crippen LogP contribution in [0.5, 0.6) is 0 Å². The molecule has 0 aliphatic heterocycles. The Kier molecular flexibility index (Phi) is 2.93. The molecule has 0 radical (unpaired) electrons. The minimum atomic E-state index is -3.19. The monoisotopic (exact) mass is 260 g/mol. The molecule has 2 heterocycles. The summed E-state index contributed by atoms with van der Waals surface area (Å²) in [6.45, 7) is 2.55. The van der Waals surface area contributed by atoms with Gasteiger partial charge >= 0.3 is 11.6 Å². The molecular formula is C8H10F2N6O2. The van der Waals surface area contributed by atoms with E-state index in [1.54, 1.807) is 6.92 Å². The highest BCUT2D eigenvalue weighted by molar-refractivity contribution is 4.93. The average molecular weight is 260 g/mol. The maximum absolute atomic E-state index is 12.9. The van der Waals surface area contributed by atoms with Gasteiger partial charge in [-0.2, -0.15) is 23.1 Å². The van der Waals surface area contributed by atoms with Crippen LogP contribution < -0.4 is 5.69 Å². The van der Waals surface area contributed by atoms with E-state index < -0.39 is 17.4 Å². The Morgan fingerprint density at radius 3 is 2.50 bits per heavy atom. The number of aromatic nitrogens is 6. The third-order valence-electron chi connectivity index (χ3n) is 2.14. The Labute approximate surface area is 99.2 Å². The second-order valence-corrected chi connectivity index (χ2v) is 3.63. The lowest BCUT2D eigenvalue weighted by atomic mass is 10.4. The average Bonchev–Trinajstić information content (AvgIpc) is 2.87. The molecule has 98 valence electrons. The van der Waals surface area contributed by atoms with Gasteiger partial charge in [0.15, 0.2) is 0 Å². The molecule has 0 spiro atoms. The van der Waals surface area contributed by atoms with E-state index in [1.165, 1.54) is 0 Å². The van der Waals surface area contributed by atoms with Crippen molar-refractivity contribution in [3.63, 3.8) is 0 Å². The quantitative estimate of drug-likeness (QED) is 0.768. The first-order chi connectivity index (χ1) is 8.41. The second kappa shape index (κ2) is 4.27. The molecule has 0 N–H and O–H groups in total. The van der Waals surface area contributed by atoms with Crippen molar-refractivity contribution >= 4 is 0 Å². The highest BCUT2D eigenvalue weighted by Gasteiger charge is 2.31. The lowest BCUT2D eigenvalue weighted by molar-refractivity contribution is 0.00559. The molecule has 0 atom stereocenters. The van der Waals surface area contributed by atoms with Crippen molar-refractivity contribution < 1.29 is 13.3 Å². The van der Waals surface area contributed by atoms with Gasteiger partial charge in [-0.3, -0.25) is 0 Å². The molecule has 8 nitrogen and oxygen atoms in total. The Morgan fingerprint density at radius 1 is 1.33 bits per heavy atom. The highest BCUT2D eigenvalue weighted by atomic mass is 19.3. The zero-order valence-corrected chi connectivity index (χ0v) is 9.67. The first kappa shape index (κ1) is 12.3.